The van der Waals surface area contributed by atoms with E-state index in [2.05, 4.69) is 4.98 Å². The van der Waals surface area contributed by atoms with Crippen molar-refractivity contribution in [1.82, 2.24) is 4.98 Å². The quantitative estimate of drug-likeness (QED) is 0.401. The van der Waals surface area contributed by atoms with E-state index in [9.17, 15) is 10.1 Å². The highest BCUT2D eigenvalue weighted by Crippen LogP contribution is 2.36. The molecule has 2 aromatic carbocycles. The molecule has 0 spiro atoms. The highest BCUT2D eigenvalue weighted by Gasteiger charge is 2.19. The number of aromatic nitrogens is 1. The molecule has 0 aliphatic carbocycles. The number of rotatable bonds is 2. The maximum absolute atomic E-state index is 11.3. The molecule has 0 amide bonds. The maximum atomic E-state index is 11.3. The van der Waals surface area contributed by atoms with Crippen molar-refractivity contribution in [3.8, 4) is 11.3 Å². The van der Waals surface area contributed by atoms with Gasteiger partial charge in [-0.3, -0.25) is 15.1 Å². The van der Waals surface area contributed by atoms with Crippen molar-refractivity contribution in [1.29, 1.82) is 0 Å². The predicted molar refractivity (Wildman–Crippen MR) is 83.6 cm³/mol. The number of furan rings is 1. The van der Waals surface area contributed by atoms with Gasteiger partial charge in [0.2, 0.25) is 0 Å². The molecular formula is C17H10N2O3. The Bertz CT molecular complexity index is 1010. The van der Waals surface area contributed by atoms with E-state index in [0.29, 0.717) is 27.6 Å². The predicted octanol–water partition coefficient (Wildman–Crippen LogP) is 4.56. The fraction of sp³-hybridized carbons (Fsp3) is 0. The molecule has 0 fully saturated rings. The molecule has 2 heterocycles. The minimum Gasteiger partial charge on any atom is -0.454 e. The first-order valence-corrected chi connectivity index (χ1v) is 6.75. The molecule has 2 aromatic heterocycles. The number of nitrogens with zero attached hydrogens (tertiary/aromatic N) is 2. The fourth-order valence-corrected chi connectivity index (χ4v) is 2.61. The fourth-order valence-electron chi connectivity index (χ4n) is 2.61. The van der Waals surface area contributed by atoms with Gasteiger partial charge in [-0.25, -0.2) is 0 Å². The Kier molecular flexibility index (Phi) is 2.66. The number of hydrogen-bond donors (Lipinski definition) is 0. The normalized spacial score (nSPS) is 11.1. The molecule has 4 rings (SSSR count). The average Bonchev–Trinajstić information content (AvgIpc) is 2.99. The Labute approximate surface area is 125 Å². The first-order valence-electron chi connectivity index (χ1n) is 6.75. The summed E-state index contributed by atoms with van der Waals surface area (Å²) in [7, 11) is 0. The van der Waals surface area contributed by atoms with E-state index >= 15 is 0 Å². The topological polar surface area (TPSA) is 69.2 Å². The van der Waals surface area contributed by atoms with Crippen LogP contribution in [0.1, 0.15) is 0 Å². The Morgan fingerprint density at radius 1 is 1.05 bits per heavy atom. The lowest BCUT2D eigenvalue weighted by atomic mass is 10.1. The van der Waals surface area contributed by atoms with Crippen LogP contribution in [0, 0.1) is 10.1 Å². The monoisotopic (exact) mass is 290 g/mol. The van der Waals surface area contributed by atoms with Gasteiger partial charge in [0.25, 0.3) is 5.69 Å². The minimum atomic E-state index is -0.390. The lowest BCUT2D eigenvalue weighted by molar-refractivity contribution is -0.382. The van der Waals surface area contributed by atoms with Crippen molar-refractivity contribution in [3.63, 3.8) is 0 Å². The molecule has 106 valence electrons. The van der Waals surface area contributed by atoms with Gasteiger partial charge in [-0.1, -0.05) is 30.3 Å². The number of fused-ring (bicyclic) bond motifs is 3. The SMILES string of the molecule is O=[N+]([O-])c1cc2cc(-c3ccccc3)oc2c2ncccc12. The zero-order valence-electron chi connectivity index (χ0n) is 11.4. The summed E-state index contributed by atoms with van der Waals surface area (Å²) in [6, 6.07) is 16.3. The van der Waals surface area contributed by atoms with Gasteiger partial charge >= 0.3 is 0 Å². The van der Waals surface area contributed by atoms with Gasteiger partial charge in [0.15, 0.2) is 5.58 Å². The lowest BCUT2D eigenvalue weighted by Gasteiger charge is -1.99. The van der Waals surface area contributed by atoms with Crippen LogP contribution in [-0.4, -0.2) is 9.91 Å². The zero-order chi connectivity index (χ0) is 15.1. The van der Waals surface area contributed by atoms with Gasteiger partial charge in [-0.05, 0) is 18.2 Å². The number of hydrogen-bond acceptors (Lipinski definition) is 4. The van der Waals surface area contributed by atoms with Crippen LogP contribution in [0.5, 0.6) is 0 Å². The van der Waals surface area contributed by atoms with Crippen LogP contribution in [0.2, 0.25) is 0 Å². The third-order valence-electron chi connectivity index (χ3n) is 3.61. The summed E-state index contributed by atoms with van der Waals surface area (Å²) in [4.78, 5) is 15.2. The van der Waals surface area contributed by atoms with Crippen LogP contribution in [0.4, 0.5) is 5.69 Å². The van der Waals surface area contributed by atoms with E-state index in [1.54, 1.807) is 18.3 Å². The molecule has 22 heavy (non-hydrogen) atoms. The molecule has 0 radical (unpaired) electrons. The number of non-ortho nitro benzene ring substituents is 1. The largest absolute Gasteiger partial charge is 0.454 e. The molecule has 0 N–H and O–H groups in total. The first kappa shape index (κ1) is 12.5. The van der Waals surface area contributed by atoms with E-state index in [1.165, 1.54) is 6.07 Å². The molecule has 5 heteroatoms. The van der Waals surface area contributed by atoms with Crippen molar-refractivity contribution in [2.75, 3.05) is 0 Å². The molecular weight excluding hydrogens is 280 g/mol. The highest BCUT2D eigenvalue weighted by atomic mass is 16.6. The number of pyridine rings is 1. The summed E-state index contributed by atoms with van der Waals surface area (Å²) in [6.07, 6.45) is 1.61. The maximum Gasteiger partial charge on any atom is 0.279 e. The standard InChI is InChI=1S/C17H10N2O3/c20-19(21)14-9-12-10-15(11-5-2-1-3-6-11)22-17(12)16-13(14)7-4-8-18-16/h1-10H. The van der Waals surface area contributed by atoms with Crippen molar-refractivity contribution < 1.29 is 9.34 Å². The summed E-state index contributed by atoms with van der Waals surface area (Å²) in [5, 5.41) is 12.4. The highest BCUT2D eigenvalue weighted by molar-refractivity contribution is 6.07. The second-order valence-electron chi connectivity index (χ2n) is 4.95. The Balaban J connectivity index is 2.08. The van der Waals surface area contributed by atoms with Crippen molar-refractivity contribution in [3.05, 3.63) is 70.9 Å². The van der Waals surface area contributed by atoms with Crippen molar-refractivity contribution in [2.24, 2.45) is 0 Å². The van der Waals surface area contributed by atoms with Crippen LogP contribution in [0.15, 0.2) is 65.2 Å². The van der Waals surface area contributed by atoms with E-state index in [-0.39, 0.29) is 5.69 Å². The van der Waals surface area contributed by atoms with E-state index in [4.69, 9.17) is 4.42 Å². The van der Waals surface area contributed by atoms with Crippen LogP contribution in [0.3, 0.4) is 0 Å². The molecule has 5 nitrogen and oxygen atoms in total. The third-order valence-corrected chi connectivity index (χ3v) is 3.61. The van der Waals surface area contributed by atoms with Crippen LogP contribution >= 0.6 is 0 Å². The second kappa shape index (κ2) is 4.66. The summed E-state index contributed by atoms with van der Waals surface area (Å²) < 4.78 is 5.92. The van der Waals surface area contributed by atoms with Gasteiger partial charge < -0.3 is 4.42 Å². The zero-order valence-corrected chi connectivity index (χ0v) is 11.4. The molecule has 0 aliphatic heterocycles. The Morgan fingerprint density at radius 2 is 1.86 bits per heavy atom. The third kappa shape index (κ3) is 1.83. The molecule has 0 aliphatic rings. The second-order valence-corrected chi connectivity index (χ2v) is 4.95. The van der Waals surface area contributed by atoms with Crippen LogP contribution in [0.25, 0.3) is 33.2 Å². The van der Waals surface area contributed by atoms with Gasteiger partial charge in [-0.15, -0.1) is 0 Å². The van der Waals surface area contributed by atoms with Crippen LogP contribution < -0.4 is 0 Å². The van der Waals surface area contributed by atoms with E-state index in [0.717, 1.165) is 5.56 Å². The van der Waals surface area contributed by atoms with E-state index in [1.807, 2.05) is 36.4 Å². The number of nitro benzene ring substituents is 1. The average molecular weight is 290 g/mol. The van der Waals surface area contributed by atoms with Gasteiger partial charge in [-0.2, -0.15) is 0 Å². The summed E-state index contributed by atoms with van der Waals surface area (Å²) in [5.74, 6) is 0.669. The van der Waals surface area contributed by atoms with Crippen molar-refractivity contribution >= 4 is 27.6 Å². The van der Waals surface area contributed by atoms with Crippen molar-refractivity contribution in [2.45, 2.75) is 0 Å². The molecule has 0 saturated heterocycles. The summed E-state index contributed by atoms with van der Waals surface area (Å²) in [6.45, 7) is 0. The van der Waals surface area contributed by atoms with E-state index < -0.39 is 4.92 Å². The molecule has 0 saturated carbocycles. The summed E-state index contributed by atoms with van der Waals surface area (Å²) >= 11 is 0. The molecule has 4 aromatic rings. The minimum absolute atomic E-state index is 0.0380. The van der Waals surface area contributed by atoms with Gasteiger partial charge in [0, 0.05) is 23.2 Å². The number of nitro groups is 1. The lowest BCUT2D eigenvalue weighted by Crippen LogP contribution is -1.90. The molecule has 0 bridgehead atoms. The molecule has 0 unspecified atom stereocenters. The Morgan fingerprint density at radius 3 is 2.64 bits per heavy atom. The Hall–Kier alpha value is -3.21. The first-order chi connectivity index (χ1) is 10.7. The van der Waals surface area contributed by atoms with Gasteiger partial charge in [0.05, 0.1) is 10.3 Å². The van der Waals surface area contributed by atoms with Crippen LogP contribution in [-0.2, 0) is 0 Å². The summed E-state index contributed by atoms with van der Waals surface area (Å²) in [5.41, 5.74) is 2.04. The number of benzene rings is 2. The smallest absolute Gasteiger partial charge is 0.279 e. The molecule has 0 atom stereocenters. The van der Waals surface area contributed by atoms with Gasteiger partial charge in [0.1, 0.15) is 11.3 Å².